The predicted octanol–water partition coefficient (Wildman–Crippen LogP) is 4.62. The second-order valence-electron chi connectivity index (χ2n) is 4.69. The van der Waals surface area contributed by atoms with Crippen molar-refractivity contribution in [3.63, 3.8) is 0 Å². The van der Waals surface area contributed by atoms with Crippen LogP contribution < -0.4 is 5.06 Å². The van der Waals surface area contributed by atoms with Gasteiger partial charge in [0.05, 0.1) is 5.69 Å². The molecule has 3 rings (SSSR count). The van der Waals surface area contributed by atoms with Crippen molar-refractivity contribution < 1.29 is 9.62 Å². The maximum absolute atomic E-state index is 10.2. The van der Waals surface area contributed by atoms with Gasteiger partial charge in [0.1, 0.15) is 5.58 Å². The number of rotatable bonds is 2. The fourth-order valence-electron chi connectivity index (χ4n) is 2.23. The Morgan fingerprint density at radius 2 is 1.95 bits per heavy atom. The molecule has 0 aliphatic carbocycles. The number of halogens is 1. The Kier molecular flexibility index (Phi) is 3.41. The molecule has 106 valence electrons. The first kappa shape index (κ1) is 13.7. The van der Waals surface area contributed by atoms with Gasteiger partial charge >= 0.3 is 0 Å². The number of fused-ring (bicyclic) bond motifs is 1. The molecule has 2 aromatic carbocycles. The minimum absolute atomic E-state index is 0.133. The van der Waals surface area contributed by atoms with E-state index in [1.54, 1.807) is 24.3 Å². The lowest BCUT2D eigenvalue weighted by Gasteiger charge is -2.16. The first-order chi connectivity index (χ1) is 10.1. The number of amidine groups is 1. The summed E-state index contributed by atoms with van der Waals surface area (Å²) in [5.74, 6) is 0.199. The molecule has 0 saturated heterocycles. The molecule has 1 heterocycles. The fraction of sp³-hybridized carbons (Fsp3) is 0.0625. The lowest BCUT2D eigenvalue weighted by atomic mass is 10.1. The van der Waals surface area contributed by atoms with Crippen molar-refractivity contribution >= 4 is 34.1 Å². The lowest BCUT2D eigenvalue weighted by Crippen LogP contribution is -2.27. The highest BCUT2D eigenvalue weighted by Gasteiger charge is 2.20. The summed E-state index contributed by atoms with van der Waals surface area (Å²) in [5, 5.41) is 20.5. The Balaban J connectivity index is 2.02. The van der Waals surface area contributed by atoms with Gasteiger partial charge in [-0.3, -0.25) is 10.6 Å². The van der Waals surface area contributed by atoms with Gasteiger partial charge in [-0.2, -0.15) is 0 Å². The second kappa shape index (κ2) is 5.24. The molecule has 0 spiro atoms. The third-order valence-corrected chi connectivity index (χ3v) is 3.56. The normalized spacial score (nSPS) is 10.8. The summed E-state index contributed by atoms with van der Waals surface area (Å²) >= 11 is 5.90. The number of hydrogen-bond donors (Lipinski definition) is 2. The highest BCUT2D eigenvalue weighted by molar-refractivity contribution is 6.31. The number of hydroxylamine groups is 1. The second-order valence-corrected chi connectivity index (χ2v) is 5.13. The van der Waals surface area contributed by atoms with Gasteiger partial charge in [-0.15, -0.1) is 0 Å². The third kappa shape index (κ3) is 2.39. The zero-order valence-electron chi connectivity index (χ0n) is 11.3. The SMILES string of the molecule is Cc1c(C(=N)N(O)c2cccc(Cl)c2)oc2ccccc12. The van der Waals surface area contributed by atoms with Crippen LogP contribution in [0.1, 0.15) is 11.3 Å². The molecule has 21 heavy (non-hydrogen) atoms. The molecule has 3 aromatic rings. The molecule has 0 saturated carbocycles. The zero-order valence-corrected chi connectivity index (χ0v) is 12.1. The number of hydrogen-bond acceptors (Lipinski definition) is 3. The van der Waals surface area contributed by atoms with Gasteiger partial charge in [-0.25, -0.2) is 5.06 Å². The number of benzene rings is 2. The molecule has 0 radical (unpaired) electrons. The quantitative estimate of drug-likeness (QED) is 0.412. The number of aryl methyl sites for hydroxylation is 1. The summed E-state index contributed by atoms with van der Waals surface area (Å²) in [6, 6.07) is 14.2. The Morgan fingerprint density at radius 3 is 2.67 bits per heavy atom. The van der Waals surface area contributed by atoms with Gasteiger partial charge in [0, 0.05) is 16.0 Å². The van der Waals surface area contributed by atoms with E-state index in [4.69, 9.17) is 21.4 Å². The van der Waals surface area contributed by atoms with E-state index in [2.05, 4.69) is 0 Å². The van der Waals surface area contributed by atoms with E-state index in [0.717, 1.165) is 16.0 Å². The first-order valence-corrected chi connectivity index (χ1v) is 6.77. The van der Waals surface area contributed by atoms with Gasteiger partial charge in [-0.1, -0.05) is 35.9 Å². The number of nitrogens with zero attached hydrogens (tertiary/aromatic N) is 1. The minimum Gasteiger partial charge on any atom is -0.452 e. The molecule has 0 amide bonds. The van der Waals surface area contributed by atoms with E-state index >= 15 is 0 Å². The van der Waals surface area contributed by atoms with Crippen molar-refractivity contribution in [1.82, 2.24) is 0 Å². The van der Waals surface area contributed by atoms with Crippen LogP contribution >= 0.6 is 11.6 Å². The van der Waals surface area contributed by atoms with Crippen molar-refractivity contribution in [3.05, 3.63) is 64.9 Å². The Bertz CT molecular complexity index is 826. The largest absolute Gasteiger partial charge is 0.452 e. The van der Waals surface area contributed by atoms with Crippen LogP contribution in [0.5, 0.6) is 0 Å². The van der Waals surface area contributed by atoms with Crippen molar-refractivity contribution in [3.8, 4) is 0 Å². The summed E-state index contributed by atoms with van der Waals surface area (Å²) < 4.78 is 5.67. The van der Waals surface area contributed by atoms with E-state index in [-0.39, 0.29) is 5.84 Å². The van der Waals surface area contributed by atoms with Crippen molar-refractivity contribution in [1.29, 1.82) is 5.41 Å². The molecule has 1 aromatic heterocycles. The standard InChI is InChI=1S/C16H13ClN2O2/c1-10-13-7-2-3-8-14(13)21-15(10)16(18)19(20)12-6-4-5-11(17)9-12/h2-9,18,20H,1H3. The van der Waals surface area contributed by atoms with Gasteiger partial charge < -0.3 is 4.42 Å². The molecular formula is C16H13ClN2O2. The van der Waals surface area contributed by atoms with E-state index in [1.807, 2.05) is 31.2 Å². The molecule has 0 aliphatic rings. The maximum atomic E-state index is 10.2. The van der Waals surface area contributed by atoms with Crippen LogP contribution in [0.3, 0.4) is 0 Å². The topological polar surface area (TPSA) is 60.5 Å². The average Bonchev–Trinajstić information content (AvgIpc) is 2.83. The maximum Gasteiger partial charge on any atom is 0.193 e. The van der Waals surface area contributed by atoms with Crippen molar-refractivity contribution in [2.45, 2.75) is 6.92 Å². The number of nitrogens with one attached hydrogen (secondary N) is 1. The van der Waals surface area contributed by atoms with Gasteiger partial charge in [-0.05, 0) is 31.2 Å². The Morgan fingerprint density at radius 1 is 1.19 bits per heavy atom. The predicted molar refractivity (Wildman–Crippen MR) is 83.5 cm³/mol. The van der Waals surface area contributed by atoms with Crippen LogP contribution in [0.15, 0.2) is 52.9 Å². The van der Waals surface area contributed by atoms with E-state index < -0.39 is 0 Å². The molecule has 0 aliphatic heterocycles. The summed E-state index contributed by atoms with van der Waals surface area (Å²) in [5.41, 5.74) is 1.92. The van der Waals surface area contributed by atoms with Crippen LogP contribution in [0.25, 0.3) is 11.0 Å². The highest BCUT2D eigenvalue weighted by atomic mass is 35.5. The number of anilines is 1. The monoisotopic (exact) mass is 300 g/mol. The van der Waals surface area contributed by atoms with E-state index in [1.165, 1.54) is 0 Å². The minimum atomic E-state index is -0.133. The molecule has 4 nitrogen and oxygen atoms in total. The Hall–Kier alpha value is -2.30. The van der Waals surface area contributed by atoms with Crippen LogP contribution in [-0.2, 0) is 0 Å². The Labute approximate surface area is 126 Å². The van der Waals surface area contributed by atoms with Crippen LogP contribution in [0.4, 0.5) is 5.69 Å². The summed E-state index contributed by atoms with van der Waals surface area (Å²) in [7, 11) is 0. The smallest absolute Gasteiger partial charge is 0.193 e. The molecule has 0 fully saturated rings. The molecule has 5 heteroatoms. The van der Waals surface area contributed by atoms with Gasteiger partial charge in [0.15, 0.2) is 11.6 Å². The molecule has 0 atom stereocenters. The molecule has 0 unspecified atom stereocenters. The van der Waals surface area contributed by atoms with Crippen molar-refractivity contribution in [2.24, 2.45) is 0 Å². The summed E-state index contributed by atoms with van der Waals surface area (Å²) in [6.45, 7) is 1.86. The lowest BCUT2D eigenvalue weighted by molar-refractivity contribution is 0.309. The number of para-hydroxylation sites is 1. The average molecular weight is 301 g/mol. The molecular weight excluding hydrogens is 288 g/mol. The van der Waals surface area contributed by atoms with Crippen LogP contribution in [-0.4, -0.2) is 11.0 Å². The summed E-state index contributed by atoms with van der Waals surface area (Å²) in [6.07, 6.45) is 0. The van der Waals surface area contributed by atoms with Crippen molar-refractivity contribution in [2.75, 3.05) is 5.06 Å². The zero-order chi connectivity index (χ0) is 15.0. The van der Waals surface area contributed by atoms with Gasteiger partial charge in [0.2, 0.25) is 0 Å². The van der Waals surface area contributed by atoms with E-state index in [9.17, 15) is 5.21 Å². The summed E-state index contributed by atoms with van der Waals surface area (Å²) in [4.78, 5) is 0. The fourth-order valence-corrected chi connectivity index (χ4v) is 2.42. The van der Waals surface area contributed by atoms with Crippen LogP contribution in [0, 0.1) is 12.3 Å². The van der Waals surface area contributed by atoms with E-state index in [0.29, 0.717) is 22.1 Å². The van der Waals surface area contributed by atoms with Gasteiger partial charge in [0.25, 0.3) is 0 Å². The molecule has 2 N–H and O–H groups in total. The number of furan rings is 1. The van der Waals surface area contributed by atoms with Crippen LogP contribution in [0.2, 0.25) is 5.02 Å². The molecule has 0 bridgehead atoms. The highest BCUT2D eigenvalue weighted by Crippen LogP contribution is 2.27. The first-order valence-electron chi connectivity index (χ1n) is 6.39. The third-order valence-electron chi connectivity index (χ3n) is 3.32.